The number of aromatic nitrogens is 2. The highest BCUT2D eigenvalue weighted by atomic mass is 19.1. The molecule has 0 bridgehead atoms. The summed E-state index contributed by atoms with van der Waals surface area (Å²) in [6.45, 7) is 4.95. The van der Waals surface area contributed by atoms with Gasteiger partial charge < -0.3 is 23.8 Å². The summed E-state index contributed by atoms with van der Waals surface area (Å²) in [5.41, 5.74) is 2.72. The Balaban J connectivity index is 1.45. The highest BCUT2D eigenvalue weighted by Gasteiger charge is 2.46. The van der Waals surface area contributed by atoms with Crippen LogP contribution in [-0.2, 0) is 15.3 Å². The molecule has 2 aliphatic rings. The van der Waals surface area contributed by atoms with Gasteiger partial charge in [0, 0.05) is 18.7 Å². The summed E-state index contributed by atoms with van der Waals surface area (Å²) in [4.78, 5) is 12.2. The molecule has 1 aromatic heterocycles. The molecule has 1 atom stereocenters. The van der Waals surface area contributed by atoms with Crippen LogP contribution < -0.4 is 4.74 Å². The van der Waals surface area contributed by atoms with Crippen molar-refractivity contribution in [3.63, 3.8) is 0 Å². The van der Waals surface area contributed by atoms with Crippen molar-refractivity contribution < 1.29 is 18.7 Å². The van der Waals surface area contributed by atoms with Crippen molar-refractivity contribution in [2.75, 3.05) is 20.3 Å². The molecule has 2 aliphatic heterocycles. The molecule has 0 saturated carbocycles. The number of hydrogen-bond donors (Lipinski definition) is 0. The van der Waals surface area contributed by atoms with Crippen LogP contribution in [0.1, 0.15) is 23.7 Å². The summed E-state index contributed by atoms with van der Waals surface area (Å²) < 4.78 is 26.9. The minimum absolute atomic E-state index is 0.290. The lowest BCUT2D eigenvalue weighted by Gasteiger charge is -2.37. The maximum Gasteiger partial charge on any atom is 0.234 e. The molecule has 2 aromatic carbocycles. The molecule has 0 unspecified atom stereocenters. The molecule has 32 heavy (non-hydrogen) atoms. The third-order valence-corrected chi connectivity index (χ3v) is 5.74. The SMILES string of the molecule is COc1cc(/C=C2\OCCN3C2=NO[C@@]3(C)c2ccc(F)cc2)ccc1-n1cnc(C)c1. The standard InChI is InChI=1S/C24H23FN4O3/c1-16-14-28(15-26-16)20-9-4-17(12-21(20)30-3)13-22-23-27-32-24(2,29(23)10-11-31-22)18-5-7-19(25)8-6-18/h4-9,12-15H,10-11H2,1-3H3/b22-13-/t24-/m0/s1. The number of oxime groups is 1. The Morgan fingerprint density at radius 1 is 1.19 bits per heavy atom. The van der Waals surface area contributed by atoms with Gasteiger partial charge in [0.2, 0.25) is 11.6 Å². The number of amidine groups is 1. The van der Waals surface area contributed by atoms with Crippen LogP contribution in [-0.4, -0.2) is 40.5 Å². The van der Waals surface area contributed by atoms with Gasteiger partial charge >= 0.3 is 0 Å². The first-order valence-electron chi connectivity index (χ1n) is 10.3. The summed E-state index contributed by atoms with van der Waals surface area (Å²) in [6.07, 6.45) is 5.61. The Hall–Kier alpha value is -3.81. The lowest BCUT2D eigenvalue weighted by atomic mass is 10.0. The minimum atomic E-state index is -0.827. The third-order valence-electron chi connectivity index (χ3n) is 5.74. The molecule has 1 saturated heterocycles. The molecular formula is C24H23FN4O3. The van der Waals surface area contributed by atoms with Gasteiger partial charge in [0.25, 0.3) is 0 Å². The molecule has 0 aliphatic carbocycles. The summed E-state index contributed by atoms with van der Waals surface area (Å²) in [6, 6.07) is 12.2. The molecule has 0 spiro atoms. The maximum absolute atomic E-state index is 13.4. The van der Waals surface area contributed by atoms with E-state index in [1.54, 1.807) is 25.6 Å². The number of methoxy groups -OCH3 is 1. The van der Waals surface area contributed by atoms with E-state index in [2.05, 4.69) is 10.1 Å². The number of hydrogen-bond acceptors (Lipinski definition) is 6. The Morgan fingerprint density at radius 2 is 2.00 bits per heavy atom. The summed E-state index contributed by atoms with van der Waals surface area (Å²) >= 11 is 0. The van der Waals surface area contributed by atoms with Gasteiger partial charge in [-0.15, -0.1) is 0 Å². The second-order valence-electron chi connectivity index (χ2n) is 7.86. The zero-order chi connectivity index (χ0) is 22.3. The number of nitrogens with zero attached hydrogens (tertiary/aromatic N) is 4. The van der Waals surface area contributed by atoms with E-state index in [1.807, 2.05) is 53.8 Å². The van der Waals surface area contributed by atoms with Gasteiger partial charge in [-0.3, -0.25) is 0 Å². The van der Waals surface area contributed by atoms with E-state index in [-0.39, 0.29) is 5.82 Å². The number of ether oxygens (including phenoxy) is 2. The van der Waals surface area contributed by atoms with Gasteiger partial charge in [-0.1, -0.05) is 23.4 Å². The first kappa shape index (κ1) is 20.1. The fourth-order valence-electron chi connectivity index (χ4n) is 4.02. The predicted molar refractivity (Wildman–Crippen MR) is 118 cm³/mol. The quantitative estimate of drug-likeness (QED) is 0.615. The number of fused-ring (bicyclic) bond motifs is 1. The third kappa shape index (κ3) is 3.37. The van der Waals surface area contributed by atoms with Gasteiger partial charge in [0.05, 0.1) is 31.4 Å². The zero-order valence-corrected chi connectivity index (χ0v) is 18.1. The van der Waals surface area contributed by atoms with Crippen LogP contribution in [0.15, 0.2) is 65.9 Å². The van der Waals surface area contributed by atoms with Crippen molar-refractivity contribution in [3.05, 3.63) is 83.4 Å². The molecule has 0 N–H and O–H groups in total. The Labute approximate surface area is 185 Å². The minimum Gasteiger partial charge on any atom is -0.495 e. The van der Waals surface area contributed by atoms with E-state index < -0.39 is 5.72 Å². The van der Waals surface area contributed by atoms with Crippen molar-refractivity contribution in [3.8, 4) is 11.4 Å². The molecular weight excluding hydrogens is 411 g/mol. The fourth-order valence-corrected chi connectivity index (χ4v) is 4.02. The molecule has 3 aromatic rings. The number of rotatable bonds is 4. The molecule has 164 valence electrons. The smallest absolute Gasteiger partial charge is 0.234 e. The number of halogens is 1. The first-order chi connectivity index (χ1) is 15.5. The van der Waals surface area contributed by atoms with Gasteiger partial charge in [-0.25, -0.2) is 9.37 Å². The van der Waals surface area contributed by atoms with E-state index in [0.29, 0.717) is 30.5 Å². The molecule has 5 rings (SSSR count). The van der Waals surface area contributed by atoms with E-state index in [1.165, 1.54) is 12.1 Å². The number of benzene rings is 2. The van der Waals surface area contributed by atoms with Crippen LogP contribution in [0.25, 0.3) is 11.8 Å². The van der Waals surface area contributed by atoms with Gasteiger partial charge in [0.15, 0.2) is 5.76 Å². The second-order valence-corrected chi connectivity index (χ2v) is 7.86. The second kappa shape index (κ2) is 7.71. The Kier molecular flexibility index (Phi) is 4.84. The lowest BCUT2D eigenvalue weighted by molar-refractivity contribution is -0.0968. The number of morpholine rings is 1. The van der Waals surface area contributed by atoms with Crippen LogP contribution in [0.4, 0.5) is 4.39 Å². The molecule has 0 radical (unpaired) electrons. The number of aryl methyl sites for hydroxylation is 1. The normalized spacial score (nSPS) is 21.1. The van der Waals surface area contributed by atoms with Crippen molar-refractivity contribution in [2.24, 2.45) is 5.16 Å². The average molecular weight is 434 g/mol. The van der Waals surface area contributed by atoms with Crippen LogP contribution in [0.3, 0.4) is 0 Å². The van der Waals surface area contributed by atoms with Crippen molar-refractivity contribution in [2.45, 2.75) is 19.6 Å². The molecule has 8 heteroatoms. The average Bonchev–Trinajstić information content (AvgIpc) is 3.39. The zero-order valence-electron chi connectivity index (χ0n) is 18.1. The highest BCUT2D eigenvalue weighted by Crippen LogP contribution is 2.38. The fraction of sp³-hybridized carbons (Fsp3) is 0.250. The van der Waals surface area contributed by atoms with E-state index >= 15 is 0 Å². The molecule has 1 fully saturated rings. The van der Waals surface area contributed by atoms with Gasteiger partial charge in [0.1, 0.15) is 18.2 Å². The topological polar surface area (TPSA) is 61.1 Å². The van der Waals surface area contributed by atoms with Crippen molar-refractivity contribution in [1.82, 2.24) is 14.5 Å². The van der Waals surface area contributed by atoms with E-state index in [9.17, 15) is 4.39 Å². The molecule has 3 heterocycles. The highest BCUT2D eigenvalue weighted by molar-refractivity contribution is 6.01. The van der Waals surface area contributed by atoms with Crippen molar-refractivity contribution in [1.29, 1.82) is 0 Å². The van der Waals surface area contributed by atoms with Crippen LogP contribution in [0.5, 0.6) is 5.75 Å². The van der Waals surface area contributed by atoms with Crippen LogP contribution >= 0.6 is 0 Å². The lowest BCUT2D eigenvalue weighted by Crippen LogP contribution is -2.48. The molecule has 0 amide bonds. The van der Waals surface area contributed by atoms with Gasteiger partial charge in [-0.05, 0) is 42.8 Å². The van der Waals surface area contributed by atoms with E-state index in [4.69, 9.17) is 14.3 Å². The monoisotopic (exact) mass is 434 g/mol. The number of imidazole rings is 1. The Morgan fingerprint density at radius 3 is 2.72 bits per heavy atom. The first-order valence-corrected chi connectivity index (χ1v) is 10.3. The Bertz CT molecular complexity index is 1220. The van der Waals surface area contributed by atoms with Crippen LogP contribution in [0.2, 0.25) is 0 Å². The van der Waals surface area contributed by atoms with Crippen molar-refractivity contribution >= 4 is 11.9 Å². The summed E-state index contributed by atoms with van der Waals surface area (Å²) in [7, 11) is 1.64. The van der Waals surface area contributed by atoms with E-state index in [0.717, 1.165) is 22.5 Å². The predicted octanol–water partition coefficient (Wildman–Crippen LogP) is 4.22. The van der Waals surface area contributed by atoms with Crippen LogP contribution in [0, 0.1) is 12.7 Å². The van der Waals surface area contributed by atoms with Gasteiger partial charge in [-0.2, -0.15) is 0 Å². The maximum atomic E-state index is 13.4. The summed E-state index contributed by atoms with van der Waals surface area (Å²) in [5, 5.41) is 4.31. The summed E-state index contributed by atoms with van der Waals surface area (Å²) in [5.74, 6) is 1.64. The largest absolute Gasteiger partial charge is 0.495 e. The molecule has 7 nitrogen and oxygen atoms in total.